The van der Waals surface area contributed by atoms with Crippen LogP contribution in [0.1, 0.15) is 25.7 Å². The molecule has 0 aromatic rings. The third-order valence-electron chi connectivity index (χ3n) is 3.88. The minimum atomic E-state index is -0.127. The van der Waals surface area contributed by atoms with Gasteiger partial charge < -0.3 is 14.8 Å². The molecule has 0 radical (unpaired) electrons. The highest BCUT2D eigenvalue weighted by Gasteiger charge is 2.53. The van der Waals surface area contributed by atoms with Crippen LogP contribution in [0.2, 0.25) is 0 Å². The molecule has 0 amide bonds. The van der Waals surface area contributed by atoms with E-state index in [1.807, 2.05) is 0 Å². The Hall–Kier alpha value is -0.610. The Labute approximate surface area is 90.3 Å². The van der Waals surface area contributed by atoms with E-state index in [0.29, 0.717) is 6.10 Å². The van der Waals surface area contributed by atoms with Gasteiger partial charge in [-0.1, -0.05) is 6.42 Å². The summed E-state index contributed by atoms with van der Waals surface area (Å²) in [6.45, 7) is 0.923. The topological polar surface area (TPSA) is 47.6 Å². The summed E-state index contributed by atoms with van der Waals surface area (Å²) in [6.07, 6.45) is 4.67. The average molecular weight is 213 g/mol. The third kappa shape index (κ3) is 1.76. The Morgan fingerprint density at radius 3 is 2.80 bits per heavy atom. The number of carbonyl (C=O) groups is 1. The summed E-state index contributed by atoms with van der Waals surface area (Å²) >= 11 is 0. The summed E-state index contributed by atoms with van der Waals surface area (Å²) in [4.78, 5) is 11.5. The summed E-state index contributed by atoms with van der Waals surface area (Å²) < 4.78 is 10.2. The molecule has 1 heterocycles. The third-order valence-corrected chi connectivity index (χ3v) is 3.88. The Kier molecular flexibility index (Phi) is 2.98. The minimum Gasteiger partial charge on any atom is -0.468 e. The Morgan fingerprint density at radius 1 is 1.47 bits per heavy atom. The number of esters is 1. The van der Waals surface area contributed by atoms with Crippen molar-refractivity contribution in [3.8, 4) is 0 Å². The Bertz CT molecular complexity index is 256. The SMILES string of the molecule is COC(=O)[C@@H]1NC[C@]12CCC[C@H](OC)C2. The minimum absolute atomic E-state index is 0.103. The molecule has 0 bridgehead atoms. The van der Waals surface area contributed by atoms with E-state index in [-0.39, 0.29) is 17.4 Å². The lowest BCUT2D eigenvalue weighted by Crippen LogP contribution is -2.67. The molecular formula is C11H19NO3. The number of nitrogens with one attached hydrogen (secondary N) is 1. The van der Waals surface area contributed by atoms with Gasteiger partial charge in [-0.3, -0.25) is 4.79 Å². The van der Waals surface area contributed by atoms with Crippen molar-refractivity contribution in [1.29, 1.82) is 0 Å². The summed E-state index contributed by atoms with van der Waals surface area (Å²) in [6, 6.07) is -0.111. The second-order valence-electron chi connectivity index (χ2n) is 4.65. The maximum atomic E-state index is 11.5. The molecule has 0 aromatic heterocycles. The van der Waals surface area contributed by atoms with Crippen LogP contribution in [-0.4, -0.2) is 38.9 Å². The monoisotopic (exact) mass is 213 g/mol. The highest BCUT2D eigenvalue weighted by atomic mass is 16.5. The van der Waals surface area contributed by atoms with Gasteiger partial charge in [-0.05, 0) is 19.3 Å². The molecule has 1 aliphatic heterocycles. The normalized spacial score (nSPS) is 39.9. The van der Waals surface area contributed by atoms with Crippen LogP contribution in [0.15, 0.2) is 0 Å². The van der Waals surface area contributed by atoms with Crippen molar-refractivity contribution in [1.82, 2.24) is 5.32 Å². The molecular weight excluding hydrogens is 194 g/mol. The van der Waals surface area contributed by atoms with Crippen LogP contribution < -0.4 is 5.32 Å². The van der Waals surface area contributed by atoms with Crippen LogP contribution in [0.3, 0.4) is 0 Å². The van der Waals surface area contributed by atoms with Gasteiger partial charge in [0.1, 0.15) is 6.04 Å². The number of rotatable bonds is 2. The van der Waals surface area contributed by atoms with Gasteiger partial charge in [0.2, 0.25) is 0 Å². The molecule has 2 rings (SSSR count). The zero-order valence-electron chi connectivity index (χ0n) is 9.41. The van der Waals surface area contributed by atoms with Crippen LogP contribution in [0.25, 0.3) is 0 Å². The van der Waals surface area contributed by atoms with E-state index in [1.165, 1.54) is 7.11 Å². The van der Waals surface area contributed by atoms with E-state index in [0.717, 1.165) is 32.2 Å². The first-order valence-corrected chi connectivity index (χ1v) is 5.56. The van der Waals surface area contributed by atoms with Crippen molar-refractivity contribution >= 4 is 5.97 Å². The first-order chi connectivity index (χ1) is 7.22. The summed E-state index contributed by atoms with van der Waals surface area (Å²) in [7, 11) is 3.20. The van der Waals surface area contributed by atoms with Gasteiger partial charge >= 0.3 is 5.97 Å². The number of hydrogen-bond donors (Lipinski definition) is 1. The smallest absolute Gasteiger partial charge is 0.323 e. The van der Waals surface area contributed by atoms with Crippen molar-refractivity contribution in [2.75, 3.05) is 20.8 Å². The van der Waals surface area contributed by atoms with Crippen LogP contribution >= 0.6 is 0 Å². The number of ether oxygens (including phenoxy) is 2. The molecule has 1 aliphatic carbocycles. The molecule has 4 heteroatoms. The van der Waals surface area contributed by atoms with Crippen LogP contribution in [0.4, 0.5) is 0 Å². The van der Waals surface area contributed by atoms with Crippen LogP contribution in [-0.2, 0) is 14.3 Å². The van der Waals surface area contributed by atoms with E-state index in [1.54, 1.807) is 7.11 Å². The Balaban J connectivity index is 2.03. The molecule has 86 valence electrons. The zero-order valence-corrected chi connectivity index (χ0v) is 9.41. The van der Waals surface area contributed by atoms with Crippen molar-refractivity contribution in [2.24, 2.45) is 5.41 Å². The molecule has 1 spiro atoms. The van der Waals surface area contributed by atoms with E-state index in [4.69, 9.17) is 9.47 Å². The fourth-order valence-electron chi connectivity index (χ4n) is 2.91. The van der Waals surface area contributed by atoms with Crippen molar-refractivity contribution < 1.29 is 14.3 Å². The lowest BCUT2D eigenvalue weighted by atomic mass is 9.63. The standard InChI is InChI=1S/C11H19NO3/c1-14-8-4-3-5-11(6-8)7-12-9(11)10(13)15-2/h8-9,12H,3-7H2,1-2H3/t8-,9-,11+/m0/s1. The van der Waals surface area contributed by atoms with E-state index in [9.17, 15) is 4.79 Å². The number of carbonyl (C=O) groups excluding carboxylic acids is 1. The van der Waals surface area contributed by atoms with Gasteiger partial charge in [-0.15, -0.1) is 0 Å². The zero-order chi connectivity index (χ0) is 10.9. The summed E-state index contributed by atoms with van der Waals surface area (Å²) in [5.41, 5.74) is 0.103. The first-order valence-electron chi connectivity index (χ1n) is 5.56. The fraction of sp³-hybridized carbons (Fsp3) is 0.909. The van der Waals surface area contributed by atoms with E-state index < -0.39 is 0 Å². The predicted octanol–water partition coefficient (Wildman–Crippen LogP) is 0.707. The second-order valence-corrected chi connectivity index (χ2v) is 4.65. The van der Waals surface area contributed by atoms with E-state index in [2.05, 4.69) is 5.32 Å². The van der Waals surface area contributed by atoms with Gasteiger partial charge in [0.15, 0.2) is 0 Å². The van der Waals surface area contributed by atoms with Crippen LogP contribution in [0, 0.1) is 5.41 Å². The molecule has 2 fully saturated rings. The lowest BCUT2D eigenvalue weighted by Gasteiger charge is -2.52. The largest absolute Gasteiger partial charge is 0.468 e. The van der Waals surface area contributed by atoms with Crippen molar-refractivity contribution in [2.45, 2.75) is 37.8 Å². The number of methoxy groups -OCH3 is 2. The van der Waals surface area contributed by atoms with Gasteiger partial charge in [-0.25, -0.2) is 0 Å². The molecule has 3 atom stereocenters. The van der Waals surface area contributed by atoms with Crippen molar-refractivity contribution in [3.05, 3.63) is 0 Å². The number of hydrogen-bond acceptors (Lipinski definition) is 4. The molecule has 0 aromatic carbocycles. The molecule has 4 nitrogen and oxygen atoms in total. The molecule has 1 N–H and O–H groups in total. The molecule has 0 unspecified atom stereocenters. The summed E-state index contributed by atoms with van der Waals surface area (Å²) in [5, 5.41) is 3.17. The highest BCUT2D eigenvalue weighted by Crippen LogP contribution is 2.44. The van der Waals surface area contributed by atoms with Gasteiger partial charge in [-0.2, -0.15) is 0 Å². The fourth-order valence-corrected chi connectivity index (χ4v) is 2.91. The molecule has 1 saturated heterocycles. The molecule has 1 saturated carbocycles. The quantitative estimate of drug-likeness (QED) is 0.686. The van der Waals surface area contributed by atoms with Gasteiger partial charge in [0.25, 0.3) is 0 Å². The van der Waals surface area contributed by atoms with Crippen molar-refractivity contribution in [3.63, 3.8) is 0 Å². The van der Waals surface area contributed by atoms with Gasteiger partial charge in [0.05, 0.1) is 13.2 Å². The van der Waals surface area contributed by atoms with E-state index >= 15 is 0 Å². The molecule has 15 heavy (non-hydrogen) atoms. The highest BCUT2D eigenvalue weighted by molar-refractivity contribution is 5.78. The molecule has 2 aliphatic rings. The first kappa shape index (κ1) is 10.9. The maximum Gasteiger partial charge on any atom is 0.323 e. The second kappa shape index (κ2) is 4.10. The summed E-state index contributed by atoms with van der Waals surface area (Å²) in [5.74, 6) is -0.127. The lowest BCUT2D eigenvalue weighted by molar-refractivity contribution is -0.155. The van der Waals surface area contributed by atoms with Gasteiger partial charge in [0, 0.05) is 19.1 Å². The predicted molar refractivity (Wildman–Crippen MR) is 55.5 cm³/mol. The Morgan fingerprint density at radius 2 is 2.27 bits per heavy atom. The average Bonchev–Trinajstić information content (AvgIpc) is 2.27. The van der Waals surface area contributed by atoms with Crippen LogP contribution in [0.5, 0.6) is 0 Å². The maximum absolute atomic E-state index is 11.5.